The van der Waals surface area contributed by atoms with Gasteiger partial charge < -0.3 is 5.32 Å². The van der Waals surface area contributed by atoms with Crippen LogP contribution in [0, 0.1) is 0 Å². The Morgan fingerprint density at radius 1 is 1.28 bits per heavy atom. The Balaban J connectivity index is 2.43. The van der Waals surface area contributed by atoms with Crippen molar-refractivity contribution >= 4 is 31.9 Å². The highest BCUT2D eigenvalue weighted by Crippen LogP contribution is 2.27. The molecule has 0 spiro atoms. The summed E-state index contributed by atoms with van der Waals surface area (Å²) in [6, 6.07) is 8.35. The molecule has 1 N–H and O–H groups in total. The number of rotatable bonds is 4. The summed E-state index contributed by atoms with van der Waals surface area (Å²) in [5.74, 6) is 0. The van der Waals surface area contributed by atoms with Crippen LogP contribution in [0.15, 0.2) is 33.3 Å². The standard InChI is InChI=1S/C12H14Br2N4/c1-3-15-10(8-4-6-9(13)7-5-8)11-12(14)16-17-18(11)2/h4-7,10,15H,3H2,1-2H3. The smallest absolute Gasteiger partial charge is 0.153 e. The van der Waals surface area contributed by atoms with E-state index in [1.54, 1.807) is 4.68 Å². The second kappa shape index (κ2) is 5.95. The SMILES string of the molecule is CCNC(c1ccc(Br)cc1)c1c(Br)nnn1C. The van der Waals surface area contributed by atoms with Gasteiger partial charge in [-0.25, -0.2) is 4.68 Å². The zero-order valence-electron chi connectivity index (χ0n) is 10.2. The monoisotopic (exact) mass is 372 g/mol. The molecule has 1 unspecified atom stereocenters. The molecule has 1 aromatic heterocycles. The molecule has 1 heterocycles. The van der Waals surface area contributed by atoms with E-state index < -0.39 is 0 Å². The summed E-state index contributed by atoms with van der Waals surface area (Å²) in [5, 5.41) is 11.5. The number of aromatic nitrogens is 3. The van der Waals surface area contributed by atoms with Crippen LogP contribution in [0.4, 0.5) is 0 Å². The Hall–Kier alpha value is -0.720. The highest BCUT2D eigenvalue weighted by atomic mass is 79.9. The maximum Gasteiger partial charge on any atom is 0.153 e. The van der Waals surface area contributed by atoms with Gasteiger partial charge >= 0.3 is 0 Å². The topological polar surface area (TPSA) is 42.7 Å². The summed E-state index contributed by atoms with van der Waals surface area (Å²) in [5.41, 5.74) is 2.21. The average molecular weight is 374 g/mol. The number of hydrogen-bond acceptors (Lipinski definition) is 3. The third kappa shape index (κ3) is 2.81. The van der Waals surface area contributed by atoms with Crippen LogP contribution < -0.4 is 5.32 Å². The first kappa shape index (κ1) is 13.7. The van der Waals surface area contributed by atoms with Gasteiger partial charge in [0, 0.05) is 11.5 Å². The maximum absolute atomic E-state index is 4.04. The van der Waals surface area contributed by atoms with Crippen LogP contribution in [0.25, 0.3) is 0 Å². The van der Waals surface area contributed by atoms with Crippen LogP contribution in [-0.4, -0.2) is 21.5 Å². The molecule has 1 aromatic carbocycles. The Morgan fingerprint density at radius 2 is 1.94 bits per heavy atom. The Morgan fingerprint density at radius 3 is 2.44 bits per heavy atom. The van der Waals surface area contributed by atoms with Gasteiger partial charge in [-0.2, -0.15) is 0 Å². The molecule has 0 amide bonds. The van der Waals surface area contributed by atoms with Crippen LogP contribution in [0.1, 0.15) is 24.2 Å². The van der Waals surface area contributed by atoms with E-state index in [9.17, 15) is 0 Å². The molecule has 18 heavy (non-hydrogen) atoms. The Bertz CT molecular complexity index is 502. The number of hydrogen-bond donors (Lipinski definition) is 1. The van der Waals surface area contributed by atoms with E-state index in [1.165, 1.54) is 5.56 Å². The lowest BCUT2D eigenvalue weighted by Gasteiger charge is -2.18. The first-order chi connectivity index (χ1) is 8.63. The van der Waals surface area contributed by atoms with Crippen molar-refractivity contribution in [3.05, 3.63) is 44.6 Å². The van der Waals surface area contributed by atoms with Crippen molar-refractivity contribution in [1.29, 1.82) is 0 Å². The van der Waals surface area contributed by atoms with Crippen molar-refractivity contribution in [2.75, 3.05) is 6.54 Å². The highest BCUT2D eigenvalue weighted by Gasteiger charge is 2.20. The normalized spacial score (nSPS) is 12.7. The fraction of sp³-hybridized carbons (Fsp3) is 0.333. The molecule has 4 nitrogen and oxygen atoms in total. The number of benzene rings is 1. The lowest BCUT2D eigenvalue weighted by atomic mass is 10.0. The van der Waals surface area contributed by atoms with Gasteiger partial charge in [-0.1, -0.05) is 40.2 Å². The van der Waals surface area contributed by atoms with Gasteiger partial charge in [0.2, 0.25) is 0 Å². The Labute approximate surface area is 123 Å². The molecule has 2 aromatic rings. The number of halogens is 2. The van der Waals surface area contributed by atoms with Gasteiger partial charge in [-0.3, -0.25) is 0 Å². The molecule has 0 fully saturated rings. The van der Waals surface area contributed by atoms with Gasteiger partial charge in [-0.05, 0) is 40.2 Å². The fourth-order valence-corrected chi connectivity index (χ4v) is 2.70. The average Bonchev–Trinajstić information content (AvgIpc) is 2.68. The molecule has 0 aliphatic heterocycles. The van der Waals surface area contributed by atoms with E-state index in [2.05, 4.69) is 66.5 Å². The third-order valence-electron chi connectivity index (χ3n) is 2.71. The molecule has 96 valence electrons. The van der Waals surface area contributed by atoms with Gasteiger partial charge in [0.15, 0.2) is 4.60 Å². The zero-order chi connectivity index (χ0) is 13.1. The predicted molar refractivity (Wildman–Crippen MR) is 78.4 cm³/mol. The first-order valence-corrected chi connectivity index (χ1v) is 7.26. The molecular weight excluding hydrogens is 360 g/mol. The van der Waals surface area contributed by atoms with Crippen molar-refractivity contribution in [2.24, 2.45) is 7.05 Å². The van der Waals surface area contributed by atoms with Crippen molar-refractivity contribution in [2.45, 2.75) is 13.0 Å². The highest BCUT2D eigenvalue weighted by molar-refractivity contribution is 9.10. The second-order valence-electron chi connectivity index (χ2n) is 3.93. The minimum atomic E-state index is 0.0810. The third-order valence-corrected chi connectivity index (χ3v) is 3.81. The van der Waals surface area contributed by atoms with E-state index in [-0.39, 0.29) is 6.04 Å². The Kier molecular flexibility index (Phi) is 4.53. The summed E-state index contributed by atoms with van der Waals surface area (Å²) in [6.45, 7) is 2.96. The van der Waals surface area contributed by atoms with Crippen LogP contribution in [0.5, 0.6) is 0 Å². The van der Waals surface area contributed by atoms with E-state index in [0.717, 1.165) is 21.3 Å². The van der Waals surface area contributed by atoms with Gasteiger partial charge in [-0.15, -0.1) is 5.10 Å². The minimum Gasteiger partial charge on any atom is -0.305 e. The van der Waals surface area contributed by atoms with Crippen molar-refractivity contribution in [3.8, 4) is 0 Å². The summed E-state index contributed by atoms with van der Waals surface area (Å²) in [4.78, 5) is 0. The summed E-state index contributed by atoms with van der Waals surface area (Å²) in [7, 11) is 1.90. The van der Waals surface area contributed by atoms with Gasteiger partial charge in [0.25, 0.3) is 0 Å². The lowest BCUT2D eigenvalue weighted by molar-refractivity contribution is 0.567. The quantitative estimate of drug-likeness (QED) is 0.895. The van der Waals surface area contributed by atoms with Crippen molar-refractivity contribution in [3.63, 3.8) is 0 Å². The molecule has 0 radical (unpaired) electrons. The molecule has 0 saturated heterocycles. The number of aryl methyl sites for hydroxylation is 1. The maximum atomic E-state index is 4.04. The van der Waals surface area contributed by atoms with Crippen molar-refractivity contribution in [1.82, 2.24) is 20.3 Å². The second-order valence-corrected chi connectivity index (χ2v) is 5.60. The van der Waals surface area contributed by atoms with Crippen LogP contribution in [-0.2, 0) is 7.05 Å². The molecule has 0 bridgehead atoms. The molecular formula is C12H14Br2N4. The van der Waals surface area contributed by atoms with Crippen molar-refractivity contribution < 1.29 is 0 Å². The zero-order valence-corrected chi connectivity index (χ0v) is 13.4. The van der Waals surface area contributed by atoms with Gasteiger partial charge in [0.05, 0.1) is 11.7 Å². The summed E-state index contributed by atoms with van der Waals surface area (Å²) < 4.78 is 3.64. The lowest BCUT2D eigenvalue weighted by Crippen LogP contribution is -2.24. The van der Waals surface area contributed by atoms with E-state index in [1.807, 2.05) is 19.2 Å². The molecule has 0 aliphatic carbocycles. The van der Waals surface area contributed by atoms with Crippen LogP contribution >= 0.6 is 31.9 Å². The van der Waals surface area contributed by atoms with E-state index >= 15 is 0 Å². The fourth-order valence-electron chi connectivity index (χ4n) is 1.88. The number of nitrogens with one attached hydrogen (secondary N) is 1. The van der Waals surface area contributed by atoms with E-state index in [4.69, 9.17) is 0 Å². The van der Waals surface area contributed by atoms with E-state index in [0.29, 0.717) is 0 Å². The molecule has 0 saturated carbocycles. The molecule has 1 atom stereocenters. The van der Waals surface area contributed by atoms with Crippen LogP contribution in [0.3, 0.4) is 0 Å². The molecule has 2 rings (SSSR count). The summed E-state index contributed by atoms with van der Waals surface area (Å²) >= 11 is 6.91. The number of nitrogens with zero attached hydrogens (tertiary/aromatic N) is 3. The largest absolute Gasteiger partial charge is 0.305 e. The van der Waals surface area contributed by atoms with Crippen LogP contribution in [0.2, 0.25) is 0 Å². The molecule has 0 aliphatic rings. The minimum absolute atomic E-state index is 0.0810. The molecule has 6 heteroatoms. The summed E-state index contributed by atoms with van der Waals surface area (Å²) in [6.07, 6.45) is 0. The predicted octanol–water partition coefficient (Wildman–Crippen LogP) is 3.04. The van der Waals surface area contributed by atoms with Gasteiger partial charge in [0.1, 0.15) is 0 Å². The first-order valence-electron chi connectivity index (χ1n) is 5.67.